The molecular formula is C24H28N8O. The quantitative estimate of drug-likeness (QED) is 0.421. The molecule has 1 fully saturated rings. The van der Waals surface area contributed by atoms with Gasteiger partial charge in [0.25, 0.3) is 5.91 Å². The number of aromatic nitrogens is 5. The van der Waals surface area contributed by atoms with Gasteiger partial charge in [-0.15, -0.1) is 0 Å². The molecule has 1 unspecified atom stereocenters. The van der Waals surface area contributed by atoms with Gasteiger partial charge in [-0.2, -0.15) is 5.10 Å². The minimum absolute atomic E-state index is 0.111. The topological polar surface area (TPSA) is 117 Å². The second-order valence-electron chi connectivity index (χ2n) is 8.49. The zero-order valence-corrected chi connectivity index (χ0v) is 18.9. The largest absolute Gasteiger partial charge is 0.382 e. The molecule has 5 rings (SSSR count). The Balaban J connectivity index is 1.56. The lowest BCUT2D eigenvalue weighted by molar-refractivity contribution is 0.0939. The summed E-state index contributed by atoms with van der Waals surface area (Å²) in [5.74, 6) is -0.195. The minimum Gasteiger partial charge on any atom is -0.382 e. The van der Waals surface area contributed by atoms with Crippen molar-refractivity contribution in [2.24, 2.45) is 0 Å². The Bertz CT molecular complexity index is 1290. The smallest absolute Gasteiger partial charge is 0.273 e. The van der Waals surface area contributed by atoms with Gasteiger partial charge < -0.3 is 20.9 Å². The maximum absolute atomic E-state index is 13.0. The fourth-order valence-corrected chi connectivity index (χ4v) is 4.46. The van der Waals surface area contributed by atoms with E-state index in [4.69, 9.17) is 10.7 Å². The number of carbonyl (C=O) groups excluding carboxylic acids is 1. The molecule has 0 radical (unpaired) electrons. The summed E-state index contributed by atoms with van der Waals surface area (Å²) >= 11 is 0. The zero-order chi connectivity index (χ0) is 22.9. The lowest BCUT2D eigenvalue weighted by Gasteiger charge is -2.20. The van der Waals surface area contributed by atoms with Gasteiger partial charge >= 0.3 is 0 Å². The van der Waals surface area contributed by atoms with Crippen molar-refractivity contribution in [3.8, 4) is 22.6 Å². The summed E-state index contributed by atoms with van der Waals surface area (Å²) in [6.07, 6.45) is 8.68. The average Bonchev–Trinajstić information content (AvgIpc) is 3.58. The molecule has 33 heavy (non-hydrogen) atoms. The molecule has 0 aliphatic carbocycles. The molecule has 170 valence electrons. The van der Waals surface area contributed by atoms with Crippen LogP contribution in [0.3, 0.4) is 0 Å². The van der Waals surface area contributed by atoms with Gasteiger partial charge in [0.1, 0.15) is 5.69 Å². The predicted molar refractivity (Wildman–Crippen MR) is 128 cm³/mol. The molecule has 0 bridgehead atoms. The first-order chi connectivity index (χ1) is 16.0. The first kappa shape index (κ1) is 21.1. The van der Waals surface area contributed by atoms with Crippen LogP contribution in [0.1, 0.15) is 35.8 Å². The lowest BCUT2D eigenvalue weighted by Crippen LogP contribution is -2.38. The van der Waals surface area contributed by atoms with Crippen molar-refractivity contribution in [1.82, 2.24) is 34.8 Å². The second kappa shape index (κ2) is 8.67. The highest BCUT2D eigenvalue weighted by Gasteiger charge is 2.24. The van der Waals surface area contributed by atoms with Crippen LogP contribution in [0.15, 0.2) is 42.9 Å². The minimum atomic E-state index is -0.306. The Labute approximate surface area is 192 Å². The Morgan fingerprint density at radius 1 is 1.30 bits per heavy atom. The molecule has 1 saturated heterocycles. The molecule has 4 aromatic heterocycles. The number of anilines is 1. The highest BCUT2D eigenvalue weighted by Crippen LogP contribution is 2.31. The van der Waals surface area contributed by atoms with Crippen molar-refractivity contribution in [2.45, 2.75) is 32.2 Å². The van der Waals surface area contributed by atoms with E-state index in [1.54, 1.807) is 0 Å². The number of hydrogen-bond acceptors (Lipinski definition) is 6. The summed E-state index contributed by atoms with van der Waals surface area (Å²) in [5.41, 5.74) is 11.3. The van der Waals surface area contributed by atoms with E-state index in [1.165, 1.54) is 0 Å². The van der Waals surface area contributed by atoms with Crippen molar-refractivity contribution in [3.05, 3.63) is 54.1 Å². The van der Waals surface area contributed by atoms with Crippen LogP contribution >= 0.6 is 0 Å². The van der Waals surface area contributed by atoms with E-state index in [1.807, 2.05) is 47.4 Å². The van der Waals surface area contributed by atoms with Crippen LogP contribution in [0.5, 0.6) is 0 Å². The fourth-order valence-electron chi connectivity index (χ4n) is 4.46. The Kier molecular flexibility index (Phi) is 5.55. The maximum Gasteiger partial charge on any atom is 0.273 e. The van der Waals surface area contributed by atoms with Gasteiger partial charge in [0.05, 0.1) is 23.1 Å². The highest BCUT2D eigenvalue weighted by atomic mass is 16.1. The number of amides is 1. The standard InChI is InChI=1S/C24H28N8O/c1-3-15-13-28-32-11-8-16(12-19(15)32)20-21(18-7-4-9-26-18)30-23(25)22(29-20)24(33)27-14-17-6-5-10-31(17)2/h4,7-9,11-13,17,26H,3,5-6,10,14H2,1-2H3,(H2,25,30)(H,27,33). The summed E-state index contributed by atoms with van der Waals surface area (Å²) in [5, 5.41) is 7.41. The number of nitrogens with one attached hydrogen (secondary N) is 2. The summed E-state index contributed by atoms with van der Waals surface area (Å²) in [4.78, 5) is 27.8. The van der Waals surface area contributed by atoms with E-state index >= 15 is 0 Å². The number of pyridine rings is 1. The predicted octanol–water partition coefficient (Wildman–Crippen LogP) is 2.75. The van der Waals surface area contributed by atoms with Crippen LogP contribution in [-0.4, -0.2) is 61.6 Å². The van der Waals surface area contributed by atoms with Gasteiger partial charge in [-0.25, -0.2) is 14.5 Å². The molecule has 4 N–H and O–H groups in total. The number of likely N-dealkylation sites (tertiary alicyclic amines) is 1. The van der Waals surface area contributed by atoms with Gasteiger partial charge in [-0.3, -0.25) is 4.79 Å². The molecule has 1 atom stereocenters. The molecule has 1 aliphatic heterocycles. The van der Waals surface area contributed by atoms with Crippen molar-refractivity contribution in [3.63, 3.8) is 0 Å². The number of nitrogens with two attached hydrogens (primary N) is 1. The average molecular weight is 445 g/mol. The van der Waals surface area contributed by atoms with Crippen LogP contribution < -0.4 is 11.1 Å². The van der Waals surface area contributed by atoms with Crippen molar-refractivity contribution >= 4 is 17.2 Å². The van der Waals surface area contributed by atoms with Crippen molar-refractivity contribution in [2.75, 3.05) is 25.9 Å². The third-order valence-corrected chi connectivity index (χ3v) is 6.42. The number of fused-ring (bicyclic) bond motifs is 1. The van der Waals surface area contributed by atoms with Crippen LogP contribution in [0.2, 0.25) is 0 Å². The number of aryl methyl sites for hydroxylation is 1. The van der Waals surface area contributed by atoms with E-state index in [0.717, 1.165) is 48.1 Å². The number of H-pyrrole nitrogens is 1. The third kappa shape index (κ3) is 3.95. The first-order valence-corrected chi connectivity index (χ1v) is 11.3. The van der Waals surface area contributed by atoms with E-state index in [-0.39, 0.29) is 17.4 Å². The number of nitrogen functional groups attached to an aromatic ring is 1. The number of carbonyl (C=O) groups is 1. The fraction of sp³-hybridized carbons (Fsp3) is 0.333. The lowest BCUT2D eigenvalue weighted by atomic mass is 10.1. The molecule has 1 amide bonds. The maximum atomic E-state index is 13.0. The third-order valence-electron chi connectivity index (χ3n) is 6.42. The van der Waals surface area contributed by atoms with E-state index in [0.29, 0.717) is 24.0 Å². The molecular weight excluding hydrogens is 416 g/mol. The van der Waals surface area contributed by atoms with Crippen molar-refractivity contribution in [1.29, 1.82) is 0 Å². The van der Waals surface area contributed by atoms with E-state index < -0.39 is 0 Å². The molecule has 0 saturated carbocycles. The summed E-state index contributed by atoms with van der Waals surface area (Å²) in [6, 6.07) is 8.11. The molecule has 9 heteroatoms. The Hall–Kier alpha value is -3.72. The summed E-state index contributed by atoms with van der Waals surface area (Å²) in [7, 11) is 2.08. The highest BCUT2D eigenvalue weighted by molar-refractivity contribution is 5.98. The number of rotatable bonds is 6. The molecule has 9 nitrogen and oxygen atoms in total. The number of aromatic amines is 1. The normalized spacial score (nSPS) is 16.5. The van der Waals surface area contributed by atoms with E-state index in [9.17, 15) is 4.79 Å². The van der Waals surface area contributed by atoms with E-state index in [2.05, 4.69) is 39.3 Å². The van der Waals surface area contributed by atoms with Crippen LogP contribution in [0, 0.1) is 0 Å². The van der Waals surface area contributed by atoms with Crippen molar-refractivity contribution < 1.29 is 4.79 Å². The monoisotopic (exact) mass is 444 g/mol. The van der Waals surface area contributed by atoms with Gasteiger partial charge in [-0.05, 0) is 62.7 Å². The second-order valence-corrected chi connectivity index (χ2v) is 8.49. The number of nitrogens with zero attached hydrogens (tertiary/aromatic N) is 5. The molecule has 5 heterocycles. The molecule has 0 spiro atoms. The van der Waals surface area contributed by atoms with Crippen LogP contribution in [0.25, 0.3) is 28.2 Å². The number of hydrogen-bond donors (Lipinski definition) is 3. The number of likely N-dealkylation sites (N-methyl/N-ethyl adjacent to an activating group) is 1. The summed E-state index contributed by atoms with van der Waals surface area (Å²) in [6.45, 7) is 3.71. The van der Waals surface area contributed by atoms with Gasteiger partial charge in [0.2, 0.25) is 0 Å². The Morgan fingerprint density at radius 2 is 2.18 bits per heavy atom. The van der Waals surface area contributed by atoms with Gasteiger partial charge in [0, 0.05) is 30.5 Å². The van der Waals surface area contributed by atoms with Gasteiger partial charge in [0.15, 0.2) is 11.5 Å². The zero-order valence-electron chi connectivity index (χ0n) is 18.9. The molecule has 4 aromatic rings. The molecule has 1 aliphatic rings. The van der Waals surface area contributed by atoms with Gasteiger partial charge in [-0.1, -0.05) is 6.92 Å². The van der Waals surface area contributed by atoms with Crippen LogP contribution in [-0.2, 0) is 6.42 Å². The summed E-state index contributed by atoms with van der Waals surface area (Å²) < 4.78 is 1.84. The molecule has 0 aromatic carbocycles. The van der Waals surface area contributed by atoms with Crippen LogP contribution in [0.4, 0.5) is 5.82 Å². The Morgan fingerprint density at radius 3 is 2.91 bits per heavy atom. The SMILES string of the molecule is CCc1cnn2ccc(-c3nc(C(=O)NCC4CCCN4C)c(N)nc3-c3ccc[nH]3)cc12. The first-order valence-electron chi connectivity index (χ1n) is 11.3.